The van der Waals surface area contributed by atoms with Gasteiger partial charge >= 0.3 is 17.7 Å². The van der Waals surface area contributed by atoms with Crippen LogP contribution in [0.15, 0.2) is 0 Å². The number of carbonyl (C=O) groups is 1. The van der Waals surface area contributed by atoms with E-state index in [4.69, 9.17) is 9.90 Å². The number of rotatable bonds is 2. The summed E-state index contributed by atoms with van der Waals surface area (Å²) in [6, 6.07) is 0. The molecule has 0 aliphatic carbocycles. The van der Waals surface area contributed by atoms with Gasteiger partial charge in [-0.1, -0.05) is 0 Å². The van der Waals surface area contributed by atoms with Crippen molar-refractivity contribution in [3.05, 3.63) is 0 Å². The normalized spacial score (nSPS) is 18.4. The van der Waals surface area contributed by atoms with Crippen LogP contribution in [0.1, 0.15) is 0 Å². The van der Waals surface area contributed by atoms with Crippen molar-refractivity contribution in [2.75, 3.05) is 18.8 Å². The van der Waals surface area contributed by atoms with Crippen molar-refractivity contribution < 1.29 is 40.8 Å². The second kappa shape index (κ2) is 6.48. The van der Waals surface area contributed by atoms with E-state index in [1.54, 1.807) is 0 Å². The molecule has 0 amide bonds. The molecule has 0 bridgehead atoms. The lowest BCUT2D eigenvalue weighted by molar-refractivity contribution is -0.192. The fraction of sp³-hybridized carbons (Fsp3) is 0.857. The lowest BCUT2D eigenvalue weighted by atomic mass is 10.1. The Hall–Kier alpha value is -0.680. The van der Waals surface area contributed by atoms with Crippen molar-refractivity contribution in [1.29, 1.82) is 0 Å². The minimum atomic E-state index is -5.08. The van der Waals surface area contributed by atoms with Gasteiger partial charge in [-0.05, 0) is 0 Å². The molecule has 4 nitrogen and oxygen atoms in total. The summed E-state index contributed by atoms with van der Waals surface area (Å²) in [6.07, 6.45) is -5.08. The second-order valence-electron chi connectivity index (χ2n) is 3.29. The number of aliphatic carboxylic acids is 1. The van der Waals surface area contributed by atoms with Gasteiger partial charge in [0, 0.05) is 19.0 Å². The van der Waals surface area contributed by atoms with Crippen LogP contribution in [0.5, 0.6) is 0 Å². The molecule has 0 aromatic rings. The maximum absolute atomic E-state index is 11.6. The minimum absolute atomic E-state index is 0.0579. The summed E-state index contributed by atoms with van der Waals surface area (Å²) in [7, 11) is 0. The third-order valence-corrected chi connectivity index (χ3v) is 3.04. The molecule has 1 aliphatic heterocycles. The van der Waals surface area contributed by atoms with Crippen molar-refractivity contribution in [2.24, 2.45) is 5.92 Å². The minimum Gasteiger partial charge on any atom is -0.609 e. The maximum Gasteiger partial charge on any atom is 0.572 e. The molecule has 1 aliphatic rings. The number of halogens is 6. The van der Waals surface area contributed by atoms with Gasteiger partial charge < -0.3 is 15.0 Å². The van der Waals surface area contributed by atoms with Crippen LogP contribution in [0.2, 0.25) is 0 Å². The number of carboxylic acid groups (broad SMARTS) is 1. The Morgan fingerprint density at radius 2 is 1.67 bits per heavy atom. The van der Waals surface area contributed by atoms with Gasteiger partial charge in [-0.15, -0.1) is 13.2 Å². The molecule has 0 radical (unpaired) electrons. The van der Waals surface area contributed by atoms with Crippen molar-refractivity contribution in [2.45, 2.75) is 11.7 Å². The molecular formula is C7H9F6NO3S. The summed E-state index contributed by atoms with van der Waals surface area (Å²) in [5, 5.41) is 9.94. The second-order valence-corrected chi connectivity index (χ2v) is 4.77. The zero-order valence-electron chi connectivity index (χ0n) is 8.64. The summed E-state index contributed by atoms with van der Waals surface area (Å²) in [4.78, 5) is 8.90. The number of nitrogens with one attached hydrogen (secondary N) is 1. The highest BCUT2D eigenvalue weighted by Gasteiger charge is 2.45. The highest BCUT2D eigenvalue weighted by molar-refractivity contribution is 7.92. The first-order valence-corrected chi connectivity index (χ1v) is 5.72. The Bertz CT molecular complexity index is 277. The molecule has 1 fully saturated rings. The smallest absolute Gasteiger partial charge is 0.572 e. The van der Waals surface area contributed by atoms with Crippen molar-refractivity contribution in [3.8, 4) is 0 Å². The van der Waals surface area contributed by atoms with Gasteiger partial charge in [-0.3, -0.25) is 0 Å². The van der Waals surface area contributed by atoms with Gasteiger partial charge in [0.15, 0.2) is 0 Å². The quantitative estimate of drug-likeness (QED) is 0.592. The van der Waals surface area contributed by atoms with Gasteiger partial charge in [0.1, 0.15) is 5.75 Å². The number of hydrogen-bond acceptors (Lipinski definition) is 3. The maximum atomic E-state index is 11.6. The van der Waals surface area contributed by atoms with Gasteiger partial charge in [-0.25, -0.2) is 4.79 Å². The fourth-order valence-corrected chi connectivity index (χ4v) is 1.63. The van der Waals surface area contributed by atoms with E-state index in [0.29, 0.717) is 13.1 Å². The van der Waals surface area contributed by atoms with E-state index < -0.39 is 28.8 Å². The van der Waals surface area contributed by atoms with Crippen molar-refractivity contribution >= 4 is 17.1 Å². The van der Waals surface area contributed by atoms with Crippen LogP contribution < -0.4 is 5.32 Å². The first kappa shape index (κ1) is 17.3. The fourth-order valence-electron chi connectivity index (χ4n) is 0.775. The van der Waals surface area contributed by atoms with Crippen molar-refractivity contribution in [1.82, 2.24) is 5.32 Å². The first-order valence-electron chi connectivity index (χ1n) is 4.40. The van der Waals surface area contributed by atoms with E-state index in [2.05, 4.69) is 5.32 Å². The highest BCUT2D eigenvalue weighted by atomic mass is 32.2. The van der Waals surface area contributed by atoms with Crippen LogP contribution in [-0.2, 0) is 16.0 Å². The highest BCUT2D eigenvalue weighted by Crippen LogP contribution is 2.26. The van der Waals surface area contributed by atoms with E-state index in [-0.39, 0.29) is 11.7 Å². The van der Waals surface area contributed by atoms with Gasteiger partial charge in [-0.2, -0.15) is 13.2 Å². The van der Waals surface area contributed by atoms with Gasteiger partial charge in [0.05, 0.1) is 11.2 Å². The molecule has 108 valence electrons. The monoisotopic (exact) mass is 301 g/mol. The van der Waals surface area contributed by atoms with Crippen LogP contribution >= 0.6 is 0 Å². The van der Waals surface area contributed by atoms with E-state index in [0.717, 1.165) is 0 Å². The number of hydrogen-bond donors (Lipinski definition) is 2. The molecule has 0 saturated carbocycles. The van der Waals surface area contributed by atoms with Gasteiger partial charge in [0.2, 0.25) is 0 Å². The van der Waals surface area contributed by atoms with Crippen LogP contribution in [-0.4, -0.2) is 46.2 Å². The van der Waals surface area contributed by atoms with Crippen LogP contribution in [0.4, 0.5) is 26.3 Å². The zero-order valence-corrected chi connectivity index (χ0v) is 9.45. The van der Waals surface area contributed by atoms with Crippen LogP contribution in [0.3, 0.4) is 0 Å². The van der Waals surface area contributed by atoms with E-state index >= 15 is 0 Å². The molecule has 1 atom stereocenters. The third-order valence-electron chi connectivity index (χ3n) is 1.75. The summed E-state index contributed by atoms with van der Waals surface area (Å²) >= 11 is -2.66. The Morgan fingerprint density at radius 1 is 1.28 bits per heavy atom. The third kappa shape index (κ3) is 6.91. The Labute approximate surface area is 101 Å². The Morgan fingerprint density at radius 3 is 1.83 bits per heavy atom. The molecule has 1 heterocycles. The predicted octanol–water partition coefficient (Wildman–Crippen LogP) is 1.11. The van der Waals surface area contributed by atoms with E-state index in [1.807, 2.05) is 0 Å². The predicted molar refractivity (Wildman–Crippen MR) is 49.1 cm³/mol. The van der Waals surface area contributed by atoms with Crippen LogP contribution in [0, 0.1) is 5.92 Å². The van der Waals surface area contributed by atoms with Gasteiger partial charge in [0.25, 0.3) is 0 Å². The largest absolute Gasteiger partial charge is 0.609 e. The molecule has 0 spiro atoms. The topological polar surface area (TPSA) is 72.4 Å². The summed E-state index contributed by atoms with van der Waals surface area (Å²) in [5.74, 6) is -3.07. The Balaban J connectivity index is 0.000000360. The molecular weight excluding hydrogens is 292 g/mol. The number of alkyl halides is 6. The zero-order chi connectivity index (χ0) is 14.6. The van der Waals surface area contributed by atoms with Crippen molar-refractivity contribution in [3.63, 3.8) is 0 Å². The molecule has 18 heavy (non-hydrogen) atoms. The molecule has 1 saturated heterocycles. The first-order chi connectivity index (χ1) is 7.94. The number of carboxylic acids is 1. The standard InChI is InChI=1S/C5H8F3NOS.C2HF3O2/c6-5(7,8)11(10)3-4-1-9-2-4;3-2(4,5)1(6)7/h4,9H,1-3H2;(H,6,7). The molecule has 2 N–H and O–H groups in total. The van der Waals surface area contributed by atoms with E-state index in [9.17, 15) is 30.9 Å². The lowest BCUT2D eigenvalue weighted by Gasteiger charge is -2.27. The van der Waals surface area contributed by atoms with Crippen LogP contribution in [0.25, 0.3) is 0 Å². The molecule has 1 unspecified atom stereocenters. The SMILES string of the molecule is O=C(O)C(F)(F)F.[O-][S+](CC1CNC1)C(F)(F)F. The summed E-state index contributed by atoms with van der Waals surface area (Å²) in [6.45, 7) is 1.11. The Kier molecular flexibility index (Phi) is 6.23. The molecule has 11 heteroatoms. The van der Waals surface area contributed by atoms with E-state index in [1.165, 1.54) is 0 Å². The average Bonchev–Trinajstić information content (AvgIpc) is 2.08. The lowest BCUT2D eigenvalue weighted by Crippen LogP contribution is -2.47. The summed E-state index contributed by atoms with van der Waals surface area (Å²) in [5.41, 5.74) is -4.53. The molecule has 0 aromatic heterocycles. The molecule has 0 aromatic carbocycles. The summed E-state index contributed by atoms with van der Waals surface area (Å²) < 4.78 is 77.1. The average molecular weight is 301 g/mol. The molecule has 1 rings (SSSR count).